The number of piperazine rings is 1. The van der Waals surface area contributed by atoms with Gasteiger partial charge >= 0.3 is 6.36 Å². The van der Waals surface area contributed by atoms with Crippen molar-refractivity contribution in [3.8, 4) is 5.75 Å². The summed E-state index contributed by atoms with van der Waals surface area (Å²) in [5, 5.41) is 4.54. The van der Waals surface area contributed by atoms with Crippen LogP contribution in [0.5, 0.6) is 5.75 Å². The standard InChI is InChI=1S/C32H37F3N6O.C2H6/c1-39(2)18-8-17-36-31-27-11-6-7-12-28(27)37-29(38-31)23-40-19-21-41(22-20-40)30(24-9-4-3-5-10-24)25-13-15-26(16-14-25)42-32(33,34)35;1-2/h3-7,9-16,30H,8,17-23H2,1-2H3,(H,36,37,38);1-2H3. The number of rotatable bonds is 11. The molecule has 1 fully saturated rings. The van der Waals surface area contributed by atoms with Crippen LogP contribution < -0.4 is 10.1 Å². The number of aromatic nitrogens is 2. The second-order valence-corrected chi connectivity index (χ2v) is 10.8. The first-order chi connectivity index (χ1) is 21.2. The van der Waals surface area contributed by atoms with Crippen molar-refractivity contribution < 1.29 is 17.9 Å². The molecule has 0 bridgehead atoms. The molecule has 0 radical (unpaired) electrons. The molecule has 1 aromatic heterocycles. The van der Waals surface area contributed by atoms with E-state index in [4.69, 9.17) is 9.97 Å². The van der Waals surface area contributed by atoms with Crippen LogP contribution in [0.25, 0.3) is 10.9 Å². The summed E-state index contributed by atoms with van der Waals surface area (Å²) in [5.41, 5.74) is 2.95. The van der Waals surface area contributed by atoms with Gasteiger partial charge in [0.2, 0.25) is 0 Å². The zero-order valence-electron chi connectivity index (χ0n) is 26.0. The molecule has 236 valence electrons. The molecule has 0 aliphatic carbocycles. The van der Waals surface area contributed by atoms with Gasteiger partial charge in [-0.1, -0.05) is 68.4 Å². The number of nitrogens with zero attached hydrogens (tertiary/aromatic N) is 5. The Morgan fingerprint density at radius 3 is 2.14 bits per heavy atom. The van der Waals surface area contributed by atoms with Gasteiger partial charge in [-0.05, 0) is 62.5 Å². The third-order valence-electron chi connectivity index (χ3n) is 7.41. The first-order valence-corrected chi connectivity index (χ1v) is 15.3. The molecule has 1 N–H and O–H groups in total. The van der Waals surface area contributed by atoms with E-state index in [0.29, 0.717) is 6.54 Å². The van der Waals surface area contributed by atoms with E-state index in [1.165, 1.54) is 12.1 Å². The summed E-state index contributed by atoms with van der Waals surface area (Å²) in [4.78, 5) is 16.7. The summed E-state index contributed by atoms with van der Waals surface area (Å²) < 4.78 is 42.2. The average molecular weight is 609 g/mol. The summed E-state index contributed by atoms with van der Waals surface area (Å²) >= 11 is 0. The largest absolute Gasteiger partial charge is 0.573 e. The number of hydrogen-bond acceptors (Lipinski definition) is 7. The molecule has 10 heteroatoms. The molecular weight excluding hydrogens is 565 g/mol. The highest BCUT2D eigenvalue weighted by atomic mass is 19.4. The maximum atomic E-state index is 12.7. The summed E-state index contributed by atoms with van der Waals surface area (Å²) in [6.45, 7) is 9.71. The zero-order chi connectivity index (χ0) is 31.5. The van der Waals surface area contributed by atoms with Crippen molar-refractivity contribution in [1.29, 1.82) is 0 Å². The van der Waals surface area contributed by atoms with Gasteiger partial charge in [0.1, 0.15) is 17.4 Å². The Labute approximate surface area is 258 Å². The molecule has 44 heavy (non-hydrogen) atoms. The van der Waals surface area contributed by atoms with Gasteiger partial charge in [-0.3, -0.25) is 9.80 Å². The fourth-order valence-corrected chi connectivity index (χ4v) is 5.41. The predicted octanol–water partition coefficient (Wildman–Crippen LogP) is 6.83. The molecule has 3 aromatic carbocycles. The number of benzene rings is 3. The van der Waals surface area contributed by atoms with Gasteiger partial charge in [-0.2, -0.15) is 0 Å². The molecule has 7 nitrogen and oxygen atoms in total. The molecule has 4 aromatic rings. The van der Waals surface area contributed by atoms with Crippen molar-refractivity contribution in [2.45, 2.75) is 39.2 Å². The lowest BCUT2D eigenvalue weighted by Crippen LogP contribution is -2.47. The number of anilines is 1. The number of nitrogens with one attached hydrogen (secondary N) is 1. The SMILES string of the molecule is CC.CN(C)CCCNc1nc(CN2CCN(C(c3ccccc3)c3ccc(OC(F)(F)F)cc3)CC2)nc2ccccc12. The third-order valence-corrected chi connectivity index (χ3v) is 7.41. The van der Waals surface area contributed by atoms with Gasteiger partial charge in [-0.25, -0.2) is 9.97 Å². The lowest BCUT2D eigenvalue weighted by molar-refractivity contribution is -0.274. The van der Waals surface area contributed by atoms with E-state index in [2.05, 4.69) is 57.0 Å². The number of alkyl halides is 3. The predicted molar refractivity (Wildman–Crippen MR) is 171 cm³/mol. The minimum absolute atomic E-state index is 0.0804. The van der Waals surface area contributed by atoms with E-state index in [-0.39, 0.29) is 11.8 Å². The lowest BCUT2D eigenvalue weighted by Gasteiger charge is -2.39. The summed E-state index contributed by atoms with van der Waals surface area (Å²) in [5.74, 6) is 1.44. The van der Waals surface area contributed by atoms with Crippen LogP contribution in [-0.2, 0) is 6.54 Å². The van der Waals surface area contributed by atoms with Crippen LogP contribution >= 0.6 is 0 Å². The Balaban J connectivity index is 0.00000216. The van der Waals surface area contributed by atoms with Crippen LogP contribution in [0.2, 0.25) is 0 Å². The molecule has 5 rings (SSSR count). The van der Waals surface area contributed by atoms with E-state index in [0.717, 1.165) is 79.4 Å². The molecule has 0 spiro atoms. The minimum atomic E-state index is -4.71. The Bertz CT molecular complexity index is 1420. The molecule has 1 unspecified atom stereocenters. The van der Waals surface area contributed by atoms with Crippen molar-refractivity contribution in [3.05, 3.63) is 95.8 Å². The molecular formula is C34H43F3N6O. The van der Waals surface area contributed by atoms with E-state index in [1.54, 1.807) is 12.1 Å². The molecule has 0 saturated carbocycles. The van der Waals surface area contributed by atoms with Crippen molar-refractivity contribution in [2.75, 3.05) is 58.7 Å². The average Bonchev–Trinajstić information content (AvgIpc) is 3.02. The number of para-hydroxylation sites is 1. The Kier molecular flexibility index (Phi) is 11.9. The maximum Gasteiger partial charge on any atom is 0.573 e. The lowest BCUT2D eigenvalue weighted by atomic mass is 9.96. The van der Waals surface area contributed by atoms with E-state index in [9.17, 15) is 13.2 Å². The normalized spacial score (nSPS) is 15.1. The molecule has 2 heterocycles. The summed E-state index contributed by atoms with van der Waals surface area (Å²) in [6, 6.07) is 24.3. The summed E-state index contributed by atoms with van der Waals surface area (Å²) in [6.07, 6.45) is -3.70. The van der Waals surface area contributed by atoms with E-state index in [1.807, 2.05) is 50.2 Å². The van der Waals surface area contributed by atoms with Crippen molar-refractivity contribution in [1.82, 2.24) is 24.7 Å². The van der Waals surface area contributed by atoms with Gasteiger partial charge in [0.05, 0.1) is 18.1 Å². The second kappa shape index (κ2) is 15.8. The highest BCUT2D eigenvalue weighted by Gasteiger charge is 2.31. The van der Waals surface area contributed by atoms with Crippen LogP contribution in [0.3, 0.4) is 0 Å². The highest BCUT2D eigenvalue weighted by molar-refractivity contribution is 5.88. The Morgan fingerprint density at radius 1 is 0.841 bits per heavy atom. The van der Waals surface area contributed by atoms with Crippen molar-refractivity contribution in [3.63, 3.8) is 0 Å². The molecule has 0 amide bonds. The Hall–Kier alpha value is -3.73. The van der Waals surface area contributed by atoms with Crippen molar-refractivity contribution >= 4 is 16.7 Å². The zero-order valence-corrected chi connectivity index (χ0v) is 26.0. The number of ether oxygens (including phenoxy) is 1. The number of halogens is 3. The molecule has 1 aliphatic heterocycles. The number of hydrogen-bond donors (Lipinski definition) is 1. The smallest absolute Gasteiger partial charge is 0.406 e. The fraction of sp³-hybridized carbons (Fsp3) is 0.412. The Morgan fingerprint density at radius 2 is 1.48 bits per heavy atom. The van der Waals surface area contributed by atoms with E-state index >= 15 is 0 Å². The minimum Gasteiger partial charge on any atom is -0.406 e. The van der Waals surface area contributed by atoms with Gasteiger partial charge < -0.3 is 15.0 Å². The second-order valence-electron chi connectivity index (χ2n) is 10.8. The molecule has 1 aliphatic rings. The third kappa shape index (κ3) is 9.38. The van der Waals surface area contributed by atoms with Crippen molar-refractivity contribution in [2.24, 2.45) is 0 Å². The van der Waals surface area contributed by atoms with Crippen LogP contribution in [0.15, 0.2) is 78.9 Å². The quantitative estimate of drug-likeness (QED) is 0.188. The van der Waals surface area contributed by atoms with Crippen LogP contribution in [-0.4, -0.2) is 84.4 Å². The van der Waals surface area contributed by atoms with Crippen LogP contribution in [0, 0.1) is 0 Å². The van der Waals surface area contributed by atoms with Gasteiger partial charge in [0, 0.05) is 38.1 Å². The van der Waals surface area contributed by atoms with Gasteiger partial charge in [-0.15, -0.1) is 13.2 Å². The maximum absolute atomic E-state index is 12.7. The van der Waals surface area contributed by atoms with Crippen LogP contribution in [0.4, 0.5) is 19.0 Å². The molecule has 1 saturated heterocycles. The number of fused-ring (bicyclic) bond motifs is 1. The topological polar surface area (TPSA) is 56.8 Å². The van der Waals surface area contributed by atoms with Gasteiger partial charge in [0.25, 0.3) is 0 Å². The first-order valence-electron chi connectivity index (χ1n) is 15.3. The monoisotopic (exact) mass is 608 g/mol. The van der Waals surface area contributed by atoms with Gasteiger partial charge in [0.15, 0.2) is 0 Å². The summed E-state index contributed by atoms with van der Waals surface area (Å²) in [7, 11) is 4.15. The fourth-order valence-electron chi connectivity index (χ4n) is 5.41. The molecule has 1 atom stereocenters. The first kappa shape index (κ1) is 33.2. The van der Waals surface area contributed by atoms with E-state index < -0.39 is 6.36 Å². The van der Waals surface area contributed by atoms with Crippen LogP contribution in [0.1, 0.15) is 43.3 Å². The highest BCUT2D eigenvalue weighted by Crippen LogP contribution is 2.32.